The second-order valence-corrected chi connectivity index (χ2v) is 11.6. The number of benzene rings is 2. The molecule has 2 aromatic carbocycles. The van der Waals surface area contributed by atoms with Crippen LogP contribution < -0.4 is 5.32 Å². The van der Waals surface area contributed by atoms with Gasteiger partial charge in [0.15, 0.2) is 0 Å². The number of aromatic nitrogens is 1. The highest BCUT2D eigenvalue weighted by molar-refractivity contribution is 5.79. The number of ether oxygens (including phenoxy) is 2. The molecule has 0 saturated heterocycles. The maximum absolute atomic E-state index is 13.1. The van der Waals surface area contributed by atoms with Gasteiger partial charge in [0.05, 0.1) is 5.54 Å². The third kappa shape index (κ3) is 11.9. The molecule has 3 rings (SSSR count). The monoisotopic (exact) mass is 600 g/mol. The van der Waals surface area contributed by atoms with E-state index in [1.165, 1.54) is 25.0 Å². The van der Waals surface area contributed by atoms with E-state index in [0.29, 0.717) is 25.0 Å². The Balaban J connectivity index is 1.76. The van der Waals surface area contributed by atoms with Gasteiger partial charge in [-0.05, 0) is 88.5 Å². The van der Waals surface area contributed by atoms with Crippen LogP contribution in [-0.4, -0.2) is 34.6 Å². The van der Waals surface area contributed by atoms with Crippen molar-refractivity contribution in [2.24, 2.45) is 0 Å². The molecule has 236 valence electrons. The first-order chi connectivity index (χ1) is 21.2. The summed E-state index contributed by atoms with van der Waals surface area (Å²) in [7, 11) is 0. The van der Waals surface area contributed by atoms with Crippen molar-refractivity contribution in [3.63, 3.8) is 0 Å². The summed E-state index contributed by atoms with van der Waals surface area (Å²) in [6.45, 7) is 7.59. The average molecular weight is 601 g/mol. The van der Waals surface area contributed by atoms with Crippen LogP contribution in [0.3, 0.4) is 0 Å². The van der Waals surface area contributed by atoms with Crippen LogP contribution in [0.4, 0.5) is 0 Å². The van der Waals surface area contributed by atoms with Crippen LogP contribution >= 0.6 is 0 Å². The van der Waals surface area contributed by atoms with Crippen molar-refractivity contribution >= 4 is 23.6 Å². The summed E-state index contributed by atoms with van der Waals surface area (Å²) in [5, 5.41) is 2.96. The fraction of sp³-hybridized carbons (Fsp3) is 0.432. The molecule has 0 spiro atoms. The van der Waals surface area contributed by atoms with Gasteiger partial charge in [-0.15, -0.1) is 0 Å². The normalized spacial score (nSPS) is 12.8. The van der Waals surface area contributed by atoms with Gasteiger partial charge in [-0.3, -0.25) is 14.4 Å². The second kappa shape index (κ2) is 17.9. The molecule has 7 nitrogen and oxygen atoms in total. The van der Waals surface area contributed by atoms with E-state index in [2.05, 4.69) is 41.1 Å². The number of rotatable bonds is 18. The Bertz CT molecular complexity index is 1360. The van der Waals surface area contributed by atoms with Crippen molar-refractivity contribution in [2.45, 2.75) is 97.6 Å². The first-order valence-corrected chi connectivity index (χ1v) is 15.8. The third-order valence-corrected chi connectivity index (χ3v) is 7.68. The Morgan fingerprint density at radius 3 is 2.09 bits per heavy atom. The lowest BCUT2D eigenvalue weighted by Gasteiger charge is -2.30. The smallest absolute Gasteiger partial charge is 0.311 e. The van der Waals surface area contributed by atoms with E-state index in [1.807, 2.05) is 61.7 Å². The van der Waals surface area contributed by atoms with Gasteiger partial charge in [0.25, 0.3) is 0 Å². The molecule has 0 saturated carbocycles. The lowest BCUT2D eigenvalue weighted by Crippen LogP contribution is -2.49. The quantitative estimate of drug-likeness (QED) is 0.0947. The van der Waals surface area contributed by atoms with Gasteiger partial charge in [0, 0.05) is 44.3 Å². The van der Waals surface area contributed by atoms with Gasteiger partial charge in [0.1, 0.15) is 12.4 Å². The zero-order valence-electron chi connectivity index (χ0n) is 26.8. The van der Waals surface area contributed by atoms with Gasteiger partial charge < -0.3 is 19.4 Å². The molecule has 1 aromatic heterocycles. The number of esters is 2. The van der Waals surface area contributed by atoms with E-state index in [4.69, 9.17) is 9.47 Å². The summed E-state index contributed by atoms with van der Waals surface area (Å²) in [4.78, 5) is 36.6. The molecule has 44 heavy (non-hydrogen) atoms. The standard InChI is InChI=1S/C37H48N2O5/c1-5-39-27-25-33(34(39)24-26-37(4,38-29(2)40)28-43-30(3)41)35(22-14-12-20-31-16-8-6-9-17-31)44-36(42)23-15-13-21-32-18-10-7-11-19-32/h6-11,16-19,22,25,27H,5,12-15,20-21,23-24,26,28H2,1-4H3,(H,38,40). The molecule has 1 atom stereocenters. The van der Waals surface area contributed by atoms with E-state index >= 15 is 0 Å². The average Bonchev–Trinajstić information content (AvgIpc) is 3.42. The van der Waals surface area contributed by atoms with Gasteiger partial charge in [-0.25, -0.2) is 0 Å². The molecule has 0 radical (unpaired) electrons. The molecule has 3 aromatic rings. The molecule has 1 heterocycles. The van der Waals surface area contributed by atoms with Crippen molar-refractivity contribution in [1.29, 1.82) is 0 Å². The molecule has 7 heteroatoms. The Hall–Kier alpha value is -4.13. The Morgan fingerprint density at radius 2 is 1.50 bits per heavy atom. The maximum atomic E-state index is 13.1. The van der Waals surface area contributed by atoms with Gasteiger partial charge in [-0.1, -0.05) is 60.7 Å². The van der Waals surface area contributed by atoms with Crippen molar-refractivity contribution in [2.75, 3.05) is 6.61 Å². The highest BCUT2D eigenvalue weighted by Gasteiger charge is 2.28. The van der Waals surface area contributed by atoms with Gasteiger partial charge in [-0.2, -0.15) is 0 Å². The predicted molar refractivity (Wildman–Crippen MR) is 175 cm³/mol. The van der Waals surface area contributed by atoms with Crippen LogP contribution in [0.5, 0.6) is 0 Å². The molecular formula is C37H48N2O5. The number of allylic oxidation sites excluding steroid dienone is 1. The second-order valence-electron chi connectivity index (χ2n) is 11.6. The minimum atomic E-state index is -0.743. The van der Waals surface area contributed by atoms with Gasteiger partial charge in [0.2, 0.25) is 5.91 Å². The molecule has 0 aliphatic heterocycles. The summed E-state index contributed by atoms with van der Waals surface area (Å²) < 4.78 is 13.5. The van der Waals surface area contributed by atoms with Crippen molar-refractivity contribution in [3.8, 4) is 0 Å². The lowest BCUT2D eigenvalue weighted by atomic mass is 9.94. The van der Waals surface area contributed by atoms with E-state index < -0.39 is 11.5 Å². The fourth-order valence-corrected chi connectivity index (χ4v) is 5.36. The summed E-state index contributed by atoms with van der Waals surface area (Å²) in [6, 6.07) is 22.7. The van der Waals surface area contributed by atoms with Crippen molar-refractivity contribution in [1.82, 2.24) is 9.88 Å². The number of hydrogen-bond acceptors (Lipinski definition) is 5. The molecule has 1 unspecified atom stereocenters. The van der Waals surface area contributed by atoms with Gasteiger partial charge >= 0.3 is 11.9 Å². The first kappa shape index (κ1) is 34.4. The van der Waals surface area contributed by atoms with E-state index in [9.17, 15) is 14.4 Å². The molecule has 0 aliphatic rings. The zero-order valence-corrected chi connectivity index (χ0v) is 26.8. The zero-order chi connectivity index (χ0) is 31.8. The lowest BCUT2D eigenvalue weighted by molar-refractivity contribution is -0.144. The van der Waals surface area contributed by atoms with Crippen LogP contribution in [-0.2, 0) is 49.7 Å². The highest BCUT2D eigenvalue weighted by Crippen LogP contribution is 2.27. The van der Waals surface area contributed by atoms with Crippen molar-refractivity contribution in [3.05, 3.63) is 101 Å². The van der Waals surface area contributed by atoms with Crippen LogP contribution in [0.1, 0.15) is 88.6 Å². The van der Waals surface area contributed by atoms with Crippen molar-refractivity contribution < 1.29 is 23.9 Å². The van der Waals surface area contributed by atoms with Crippen LogP contribution in [0.15, 0.2) is 79.0 Å². The summed E-state index contributed by atoms with van der Waals surface area (Å²) in [5.74, 6) is -0.239. The minimum absolute atomic E-state index is 0.0736. The maximum Gasteiger partial charge on any atom is 0.311 e. The summed E-state index contributed by atoms with van der Waals surface area (Å²) in [6.07, 6.45) is 10.7. The van der Waals surface area contributed by atoms with E-state index in [-0.39, 0.29) is 18.5 Å². The number of nitrogens with one attached hydrogen (secondary N) is 1. The number of carbonyl (C=O) groups excluding carboxylic acids is 3. The highest BCUT2D eigenvalue weighted by atomic mass is 16.5. The number of unbranched alkanes of at least 4 members (excludes halogenated alkanes) is 2. The summed E-state index contributed by atoms with van der Waals surface area (Å²) >= 11 is 0. The Kier molecular flexibility index (Phi) is 13.9. The number of carbonyl (C=O) groups is 3. The van der Waals surface area contributed by atoms with E-state index in [0.717, 1.165) is 56.3 Å². The summed E-state index contributed by atoms with van der Waals surface area (Å²) in [5.41, 5.74) is 3.69. The first-order valence-electron chi connectivity index (χ1n) is 15.8. The molecular weight excluding hydrogens is 552 g/mol. The Labute approximate surface area is 262 Å². The Morgan fingerprint density at radius 1 is 0.864 bits per heavy atom. The predicted octanol–water partition coefficient (Wildman–Crippen LogP) is 7.22. The number of nitrogens with zero attached hydrogens (tertiary/aromatic N) is 1. The molecule has 0 bridgehead atoms. The number of amides is 1. The molecule has 0 aliphatic carbocycles. The third-order valence-electron chi connectivity index (χ3n) is 7.68. The van der Waals surface area contributed by atoms with Crippen LogP contribution in [0.2, 0.25) is 0 Å². The molecule has 1 N–H and O–H groups in total. The van der Waals surface area contributed by atoms with E-state index in [1.54, 1.807) is 0 Å². The molecule has 0 fully saturated rings. The number of hydrogen-bond donors (Lipinski definition) is 1. The minimum Gasteiger partial charge on any atom is -0.463 e. The molecule has 1 amide bonds. The topological polar surface area (TPSA) is 86.6 Å². The largest absolute Gasteiger partial charge is 0.463 e. The fourth-order valence-electron chi connectivity index (χ4n) is 5.36. The SMILES string of the molecule is CCn1ccc(C(=CCCCc2ccccc2)OC(=O)CCCCc2ccccc2)c1CCC(C)(COC(C)=O)NC(C)=O. The van der Waals surface area contributed by atoms with Crippen LogP contribution in [0, 0.1) is 0 Å². The number of aryl methyl sites for hydroxylation is 3. The van der Waals surface area contributed by atoms with Crippen LogP contribution in [0.25, 0.3) is 5.76 Å².